The zero-order valence-electron chi connectivity index (χ0n) is 13.8. The van der Waals surface area contributed by atoms with Crippen molar-refractivity contribution in [3.63, 3.8) is 0 Å². The molecule has 0 saturated carbocycles. The molecule has 3 heteroatoms. The van der Waals surface area contributed by atoms with Crippen molar-refractivity contribution in [2.24, 2.45) is 23.5 Å². The molecule has 21 heavy (non-hydrogen) atoms. The molecule has 0 spiro atoms. The summed E-state index contributed by atoms with van der Waals surface area (Å²) in [6.45, 7) is 9.52. The van der Waals surface area contributed by atoms with Gasteiger partial charge < -0.3 is 11.1 Å². The lowest BCUT2D eigenvalue weighted by atomic mass is 9.85. The minimum atomic E-state index is -0.426. The monoisotopic (exact) mass is 290 g/mol. The smallest absolute Gasteiger partial charge is 0.236 e. The molecule has 1 aromatic rings. The maximum atomic E-state index is 12.1. The van der Waals surface area contributed by atoms with Gasteiger partial charge in [-0.2, -0.15) is 0 Å². The molecule has 0 aliphatic heterocycles. The van der Waals surface area contributed by atoms with Crippen LogP contribution in [0.2, 0.25) is 0 Å². The molecule has 3 nitrogen and oxygen atoms in total. The first kappa shape index (κ1) is 17.7. The van der Waals surface area contributed by atoms with Crippen LogP contribution in [0.1, 0.15) is 39.7 Å². The van der Waals surface area contributed by atoms with E-state index in [1.807, 2.05) is 18.2 Å². The average Bonchev–Trinajstić information content (AvgIpc) is 2.45. The van der Waals surface area contributed by atoms with E-state index in [1.165, 1.54) is 5.56 Å². The Morgan fingerprint density at radius 1 is 1.10 bits per heavy atom. The molecule has 0 heterocycles. The molecule has 1 amide bonds. The van der Waals surface area contributed by atoms with Crippen molar-refractivity contribution in [2.45, 2.75) is 46.6 Å². The van der Waals surface area contributed by atoms with E-state index in [-0.39, 0.29) is 5.91 Å². The summed E-state index contributed by atoms with van der Waals surface area (Å²) in [5, 5.41) is 3.02. The number of carbonyl (C=O) groups is 1. The predicted octanol–water partition coefficient (Wildman–Crippen LogP) is 2.99. The lowest BCUT2D eigenvalue weighted by Gasteiger charge is -2.25. The number of hydrogen-bond acceptors (Lipinski definition) is 2. The second-order valence-electron chi connectivity index (χ2n) is 6.53. The summed E-state index contributed by atoms with van der Waals surface area (Å²) in [7, 11) is 0. The van der Waals surface area contributed by atoms with Crippen molar-refractivity contribution in [1.29, 1.82) is 0 Å². The van der Waals surface area contributed by atoms with E-state index in [4.69, 9.17) is 5.73 Å². The Morgan fingerprint density at radius 3 is 2.19 bits per heavy atom. The quantitative estimate of drug-likeness (QED) is 0.773. The molecule has 0 radical (unpaired) electrons. The lowest BCUT2D eigenvalue weighted by molar-refractivity contribution is -0.122. The van der Waals surface area contributed by atoms with Gasteiger partial charge in [0.25, 0.3) is 0 Å². The van der Waals surface area contributed by atoms with E-state index >= 15 is 0 Å². The third kappa shape index (κ3) is 6.30. The fourth-order valence-corrected chi connectivity index (χ4v) is 2.69. The summed E-state index contributed by atoms with van der Waals surface area (Å²) in [5.41, 5.74) is 7.22. The highest BCUT2D eigenvalue weighted by molar-refractivity contribution is 5.81. The first-order valence-corrected chi connectivity index (χ1v) is 7.99. The van der Waals surface area contributed by atoms with Crippen LogP contribution in [0.4, 0.5) is 0 Å². The van der Waals surface area contributed by atoms with Gasteiger partial charge in [-0.3, -0.25) is 4.79 Å². The molecule has 0 bridgehead atoms. The van der Waals surface area contributed by atoms with Crippen molar-refractivity contribution in [3.8, 4) is 0 Å². The van der Waals surface area contributed by atoms with Gasteiger partial charge in [0.2, 0.25) is 5.91 Å². The fourth-order valence-electron chi connectivity index (χ4n) is 2.69. The van der Waals surface area contributed by atoms with Crippen molar-refractivity contribution in [2.75, 3.05) is 6.54 Å². The highest BCUT2D eigenvalue weighted by atomic mass is 16.2. The Hall–Kier alpha value is -1.35. The Balaban J connectivity index is 2.37. The van der Waals surface area contributed by atoms with E-state index in [2.05, 4.69) is 45.1 Å². The number of aryl methyl sites for hydroxylation is 1. The number of nitrogens with one attached hydrogen (secondary N) is 1. The van der Waals surface area contributed by atoms with Crippen LogP contribution in [0.5, 0.6) is 0 Å². The maximum Gasteiger partial charge on any atom is 0.236 e. The van der Waals surface area contributed by atoms with E-state index in [9.17, 15) is 4.79 Å². The van der Waals surface area contributed by atoms with Crippen LogP contribution < -0.4 is 11.1 Å². The number of benzene rings is 1. The summed E-state index contributed by atoms with van der Waals surface area (Å²) in [6, 6.07) is 9.73. The Morgan fingerprint density at radius 2 is 1.67 bits per heavy atom. The third-order valence-electron chi connectivity index (χ3n) is 4.15. The van der Waals surface area contributed by atoms with Crippen LogP contribution in [0.3, 0.4) is 0 Å². The van der Waals surface area contributed by atoms with Gasteiger partial charge in [-0.25, -0.2) is 0 Å². The van der Waals surface area contributed by atoms with E-state index in [0.29, 0.717) is 30.7 Å². The summed E-state index contributed by atoms with van der Waals surface area (Å²) in [6.07, 6.45) is 1.52. The fraction of sp³-hybridized carbons (Fsp3) is 0.611. The normalized spacial score (nSPS) is 13.0. The van der Waals surface area contributed by atoms with Gasteiger partial charge in [0, 0.05) is 6.54 Å². The van der Waals surface area contributed by atoms with Gasteiger partial charge in [-0.05, 0) is 36.2 Å². The zero-order valence-corrected chi connectivity index (χ0v) is 13.8. The number of nitrogens with two attached hydrogens (primary N) is 1. The highest BCUT2D eigenvalue weighted by Gasteiger charge is 2.20. The molecule has 118 valence electrons. The van der Waals surface area contributed by atoms with E-state index in [1.54, 1.807) is 0 Å². The molecule has 1 aromatic carbocycles. The van der Waals surface area contributed by atoms with Crippen LogP contribution in [-0.2, 0) is 11.2 Å². The lowest BCUT2D eigenvalue weighted by Crippen LogP contribution is -2.44. The van der Waals surface area contributed by atoms with E-state index in [0.717, 1.165) is 6.42 Å². The van der Waals surface area contributed by atoms with Gasteiger partial charge in [-0.15, -0.1) is 0 Å². The zero-order chi connectivity index (χ0) is 15.8. The van der Waals surface area contributed by atoms with Gasteiger partial charge in [0.1, 0.15) is 0 Å². The summed E-state index contributed by atoms with van der Waals surface area (Å²) in [5.74, 6) is 1.59. The van der Waals surface area contributed by atoms with Crippen LogP contribution in [-0.4, -0.2) is 18.5 Å². The molecule has 1 rings (SSSR count). The Bertz CT molecular complexity index is 406. The molecule has 1 atom stereocenters. The number of hydrogen-bond donors (Lipinski definition) is 2. The molecule has 1 unspecified atom stereocenters. The number of rotatable bonds is 8. The van der Waals surface area contributed by atoms with Crippen molar-refractivity contribution >= 4 is 5.91 Å². The summed E-state index contributed by atoms with van der Waals surface area (Å²) >= 11 is 0. The number of carbonyl (C=O) groups excluding carboxylic acids is 1. The molecule has 0 aliphatic carbocycles. The topological polar surface area (TPSA) is 55.1 Å². The SMILES string of the molecule is CC(C)C(CNC(=O)C(N)CCc1ccccc1)C(C)C. The van der Waals surface area contributed by atoms with Gasteiger partial charge >= 0.3 is 0 Å². The molecule has 0 fully saturated rings. The minimum absolute atomic E-state index is 0.0303. The first-order chi connectivity index (χ1) is 9.91. The molecule has 0 aliphatic rings. The van der Waals surface area contributed by atoms with Crippen LogP contribution in [0, 0.1) is 17.8 Å². The highest BCUT2D eigenvalue weighted by Crippen LogP contribution is 2.19. The minimum Gasteiger partial charge on any atom is -0.354 e. The molecule has 0 aromatic heterocycles. The Labute approximate surface area is 129 Å². The molecule has 3 N–H and O–H groups in total. The predicted molar refractivity (Wildman–Crippen MR) is 88.9 cm³/mol. The molecule has 0 saturated heterocycles. The molecular weight excluding hydrogens is 260 g/mol. The summed E-state index contributed by atoms with van der Waals surface area (Å²) in [4.78, 5) is 12.1. The summed E-state index contributed by atoms with van der Waals surface area (Å²) < 4.78 is 0. The maximum absolute atomic E-state index is 12.1. The third-order valence-corrected chi connectivity index (χ3v) is 4.15. The van der Waals surface area contributed by atoms with Gasteiger partial charge in [0.15, 0.2) is 0 Å². The van der Waals surface area contributed by atoms with Gasteiger partial charge in [0.05, 0.1) is 6.04 Å². The molecular formula is C18H30N2O. The second kappa shape index (κ2) is 8.83. The number of amides is 1. The van der Waals surface area contributed by atoms with Gasteiger partial charge in [-0.1, -0.05) is 58.0 Å². The van der Waals surface area contributed by atoms with Crippen LogP contribution in [0.15, 0.2) is 30.3 Å². The second-order valence-corrected chi connectivity index (χ2v) is 6.53. The van der Waals surface area contributed by atoms with Crippen molar-refractivity contribution in [1.82, 2.24) is 5.32 Å². The Kier molecular flexibility index (Phi) is 7.44. The first-order valence-electron chi connectivity index (χ1n) is 7.99. The average molecular weight is 290 g/mol. The van der Waals surface area contributed by atoms with Crippen LogP contribution in [0.25, 0.3) is 0 Å². The van der Waals surface area contributed by atoms with E-state index < -0.39 is 6.04 Å². The van der Waals surface area contributed by atoms with Crippen molar-refractivity contribution < 1.29 is 4.79 Å². The van der Waals surface area contributed by atoms with Crippen LogP contribution >= 0.6 is 0 Å². The largest absolute Gasteiger partial charge is 0.354 e. The standard InChI is InChI=1S/C18H30N2O/c1-13(2)16(14(3)4)12-20-18(21)17(19)11-10-15-8-6-5-7-9-15/h5-9,13-14,16-17H,10-12,19H2,1-4H3,(H,20,21). The van der Waals surface area contributed by atoms with Crippen molar-refractivity contribution in [3.05, 3.63) is 35.9 Å².